The molecular weight excluding hydrogens is 286 g/mol. The number of nitrogens with zero attached hydrogens (tertiary/aromatic N) is 2. The molecule has 5 nitrogen and oxygen atoms in total. The second kappa shape index (κ2) is 6.24. The lowest BCUT2D eigenvalue weighted by atomic mass is 10.2. The quantitative estimate of drug-likeness (QED) is 0.919. The third-order valence-electron chi connectivity index (χ3n) is 3.11. The highest BCUT2D eigenvalue weighted by Gasteiger charge is 2.30. The molecule has 0 atom stereocenters. The molecule has 0 amide bonds. The van der Waals surface area contributed by atoms with Crippen LogP contribution in [-0.2, 0) is 16.6 Å². The monoisotopic (exact) mass is 305 g/mol. The minimum Gasteiger partial charge on any atom is -0.396 e. The molecule has 0 bridgehead atoms. The van der Waals surface area contributed by atoms with Gasteiger partial charge in [0, 0.05) is 18.8 Å². The van der Waals surface area contributed by atoms with Gasteiger partial charge in [0.2, 0.25) is 0 Å². The number of pyridine rings is 1. The van der Waals surface area contributed by atoms with E-state index in [0.29, 0.717) is 0 Å². The molecule has 2 rings (SSSR count). The number of benzene rings is 1. The number of rotatable bonds is 5. The maximum atomic E-state index is 12.8. The van der Waals surface area contributed by atoms with Crippen LogP contribution in [0.2, 0.25) is 0 Å². The predicted octanol–water partition coefficient (Wildman–Crippen LogP) is 2.26. The smallest absolute Gasteiger partial charge is 0.263 e. The van der Waals surface area contributed by atoms with Crippen molar-refractivity contribution in [2.45, 2.75) is 31.5 Å². The third-order valence-corrected chi connectivity index (χ3v) is 5.11. The molecule has 0 fully saturated rings. The number of hydrogen-bond donors (Lipinski definition) is 1. The Hall–Kier alpha value is -1.92. The molecule has 0 aliphatic carbocycles. The van der Waals surface area contributed by atoms with Crippen LogP contribution >= 0.6 is 0 Å². The standard InChI is InChI=1S/C15H19N3O2S/c1-12(2)18(11-13-7-4-3-5-8-13)21(19,20)15-14(16)9-6-10-17-15/h3-10,12H,11,16H2,1-2H3. The van der Waals surface area contributed by atoms with Crippen LogP contribution in [0.15, 0.2) is 53.7 Å². The van der Waals surface area contributed by atoms with Crippen molar-refractivity contribution in [1.82, 2.24) is 9.29 Å². The van der Waals surface area contributed by atoms with Gasteiger partial charge in [0.05, 0.1) is 5.69 Å². The van der Waals surface area contributed by atoms with Gasteiger partial charge in [0.15, 0.2) is 5.03 Å². The topological polar surface area (TPSA) is 76.3 Å². The fraction of sp³-hybridized carbons (Fsp3) is 0.267. The van der Waals surface area contributed by atoms with Crippen LogP contribution in [-0.4, -0.2) is 23.7 Å². The molecule has 21 heavy (non-hydrogen) atoms. The van der Waals surface area contributed by atoms with Crippen molar-refractivity contribution in [3.63, 3.8) is 0 Å². The first kappa shape index (κ1) is 15.5. The Balaban J connectivity index is 2.40. The van der Waals surface area contributed by atoms with E-state index in [1.54, 1.807) is 12.1 Å². The van der Waals surface area contributed by atoms with E-state index < -0.39 is 10.0 Å². The molecule has 2 aromatic rings. The third kappa shape index (κ3) is 3.40. The van der Waals surface area contributed by atoms with Crippen LogP contribution in [0.4, 0.5) is 5.69 Å². The molecule has 0 spiro atoms. The van der Waals surface area contributed by atoms with Gasteiger partial charge in [-0.1, -0.05) is 30.3 Å². The molecule has 0 saturated carbocycles. The highest BCUT2D eigenvalue weighted by molar-refractivity contribution is 7.89. The number of anilines is 1. The molecule has 1 aromatic heterocycles. The summed E-state index contributed by atoms with van der Waals surface area (Å²) in [6.45, 7) is 3.95. The van der Waals surface area contributed by atoms with Crippen molar-refractivity contribution in [3.05, 3.63) is 54.2 Å². The number of nitrogen functional groups attached to an aromatic ring is 1. The van der Waals surface area contributed by atoms with Gasteiger partial charge in [-0.25, -0.2) is 13.4 Å². The fourth-order valence-corrected chi connectivity index (χ4v) is 3.69. The number of sulfonamides is 1. The lowest BCUT2D eigenvalue weighted by Gasteiger charge is -2.26. The van der Waals surface area contributed by atoms with E-state index in [9.17, 15) is 8.42 Å². The number of aromatic nitrogens is 1. The first-order valence-electron chi connectivity index (χ1n) is 6.69. The molecule has 1 heterocycles. The van der Waals surface area contributed by atoms with Crippen molar-refractivity contribution < 1.29 is 8.42 Å². The molecule has 0 aliphatic heterocycles. The normalized spacial score (nSPS) is 12.0. The van der Waals surface area contributed by atoms with E-state index in [1.165, 1.54) is 10.5 Å². The Morgan fingerprint density at radius 1 is 1.14 bits per heavy atom. The maximum Gasteiger partial charge on any atom is 0.263 e. The summed E-state index contributed by atoms with van der Waals surface area (Å²) in [6.07, 6.45) is 1.43. The van der Waals surface area contributed by atoms with Crippen LogP contribution in [0.25, 0.3) is 0 Å². The van der Waals surface area contributed by atoms with Crippen molar-refractivity contribution in [1.29, 1.82) is 0 Å². The Kier molecular flexibility index (Phi) is 4.59. The van der Waals surface area contributed by atoms with E-state index >= 15 is 0 Å². The second-order valence-corrected chi connectivity index (χ2v) is 6.83. The van der Waals surface area contributed by atoms with Gasteiger partial charge in [-0.05, 0) is 31.5 Å². The zero-order chi connectivity index (χ0) is 15.5. The molecule has 0 radical (unpaired) electrons. The lowest BCUT2D eigenvalue weighted by Crippen LogP contribution is -2.37. The summed E-state index contributed by atoms with van der Waals surface area (Å²) in [5.41, 5.74) is 6.85. The Morgan fingerprint density at radius 3 is 2.38 bits per heavy atom. The minimum atomic E-state index is -3.73. The first-order chi connectivity index (χ1) is 9.93. The van der Waals surface area contributed by atoms with Gasteiger partial charge < -0.3 is 5.73 Å². The Morgan fingerprint density at radius 2 is 1.81 bits per heavy atom. The SMILES string of the molecule is CC(C)N(Cc1ccccc1)S(=O)(=O)c1ncccc1N. The van der Waals surface area contributed by atoms with Gasteiger partial charge in [-0.15, -0.1) is 0 Å². The summed E-state index contributed by atoms with van der Waals surface area (Å²) >= 11 is 0. The average Bonchev–Trinajstić information content (AvgIpc) is 2.45. The zero-order valence-corrected chi connectivity index (χ0v) is 12.9. The predicted molar refractivity (Wildman–Crippen MR) is 83.0 cm³/mol. The minimum absolute atomic E-state index is 0.0883. The summed E-state index contributed by atoms with van der Waals surface area (Å²) in [4.78, 5) is 3.94. The molecule has 0 unspecified atom stereocenters. The summed E-state index contributed by atoms with van der Waals surface area (Å²) in [5.74, 6) is 0. The van der Waals surface area contributed by atoms with Crippen LogP contribution in [0.1, 0.15) is 19.4 Å². The van der Waals surface area contributed by atoms with Crippen LogP contribution in [0.5, 0.6) is 0 Å². The van der Waals surface area contributed by atoms with Crippen molar-refractivity contribution in [3.8, 4) is 0 Å². The molecule has 1 aromatic carbocycles. The van der Waals surface area contributed by atoms with E-state index in [0.717, 1.165) is 5.56 Å². The van der Waals surface area contributed by atoms with Gasteiger partial charge in [0.1, 0.15) is 0 Å². The van der Waals surface area contributed by atoms with Gasteiger partial charge in [-0.2, -0.15) is 4.31 Å². The molecular formula is C15H19N3O2S. The molecule has 112 valence electrons. The summed E-state index contributed by atoms with van der Waals surface area (Å²) in [7, 11) is -3.73. The van der Waals surface area contributed by atoms with Crippen LogP contribution < -0.4 is 5.73 Å². The first-order valence-corrected chi connectivity index (χ1v) is 8.13. The molecule has 0 saturated heterocycles. The molecule has 2 N–H and O–H groups in total. The molecule has 6 heteroatoms. The van der Waals surface area contributed by atoms with E-state index in [-0.39, 0.29) is 23.3 Å². The van der Waals surface area contributed by atoms with Crippen molar-refractivity contribution >= 4 is 15.7 Å². The van der Waals surface area contributed by atoms with Crippen LogP contribution in [0, 0.1) is 0 Å². The number of nitrogens with two attached hydrogens (primary N) is 1. The highest BCUT2D eigenvalue weighted by Crippen LogP contribution is 2.23. The second-order valence-electron chi connectivity index (χ2n) is 5.03. The van der Waals surface area contributed by atoms with Gasteiger partial charge >= 0.3 is 0 Å². The van der Waals surface area contributed by atoms with Crippen molar-refractivity contribution in [2.75, 3.05) is 5.73 Å². The van der Waals surface area contributed by atoms with E-state index in [1.807, 2.05) is 44.2 Å². The van der Waals surface area contributed by atoms with Crippen molar-refractivity contribution in [2.24, 2.45) is 0 Å². The van der Waals surface area contributed by atoms with Crippen LogP contribution in [0.3, 0.4) is 0 Å². The summed E-state index contributed by atoms with van der Waals surface area (Å²) < 4.78 is 27.0. The fourth-order valence-electron chi connectivity index (χ4n) is 2.04. The lowest BCUT2D eigenvalue weighted by molar-refractivity contribution is 0.347. The largest absolute Gasteiger partial charge is 0.396 e. The summed E-state index contributed by atoms with van der Waals surface area (Å²) in [6, 6.07) is 12.4. The Labute approximate surface area is 125 Å². The van der Waals surface area contributed by atoms with E-state index in [4.69, 9.17) is 5.73 Å². The number of hydrogen-bond acceptors (Lipinski definition) is 4. The summed E-state index contributed by atoms with van der Waals surface area (Å²) in [5, 5.41) is -0.0883. The Bertz CT molecular complexity index is 700. The average molecular weight is 305 g/mol. The maximum absolute atomic E-state index is 12.8. The van der Waals surface area contributed by atoms with E-state index in [2.05, 4.69) is 4.98 Å². The highest BCUT2D eigenvalue weighted by atomic mass is 32.2. The molecule has 0 aliphatic rings. The van der Waals surface area contributed by atoms with Gasteiger partial charge in [-0.3, -0.25) is 0 Å². The zero-order valence-electron chi connectivity index (χ0n) is 12.1. The van der Waals surface area contributed by atoms with Gasteiger partial charge in [0.25, 0.3) is 10.0 Å².